The number of carbonyl (C=O) groups is 2. The van der Waals surface area contributed by atoms with Crippen LogP contribution >= 0.6 is 22.9 Å². The monoisotopic (exact) mass is 440 g/mol. The number of aryl methyl sites for hydroxylation is 2. The van der Waals surface area contributed by atoms with Crippen LogP contribution in [0.1, 0.15) is 27.3 Å². The smallest absolute Gasteiger partial charge is 0.259 e. The third-order valence-electron chi connectivity index (χ3n) is 3.86. The first-order valence-electron chi connectivity index (χ1n) is 9.11. The molecule has 0 aliphatic rings. The number of carbonyl (C=O) groups excluding carboxylic acids is 2. The SMILES string of the molecule is Cc1nc(NC(=O)c2ccc(Cl)cc2NC(=O)CCOCCOCCN)sc1C. The van der Waals surface area contributed by atoms with Crippen molar-refractivity contribution in [2.75, 3.05) is 43.6 Å². The van der Waals surface area contributed by atoms with Crippen LogP contribution in [0.15, 0.2) is 18.2 Å². The van der Waals surface area contributed by atoms with Gasteiger partial charge >= 0.3 is 0 Å². The standard InChI is InChI=1S/C19H25ClN4O4S/c1-12-13(2)29-19(22-12)24-18(26)15-4-3-14(20)11-16(15)23-17(25)5-7-27-9-10-28-8-6-21/h3-4,11H,5-10,21H2,1-2H3,(H,23,25)(H,22,24,26). The number of hydrogen-bond donors (Lipinski definition) is 3. The molecule has 0 spiro atoms. The van der Waals surface area contributed by atoms with Crippen LogP contribution in [0, 0.1) is 13.8 Å². The Labute approximate surface area is 178 Å². The lowest BCUT2D eigenvalue weighted by molar-refractivity contribution is -0.117. The minimum absolute atomic E-state index is 0.134. The third-order valence-corrected chi connectivity index (χ3v) is 5.08. The van der Waals surface area contributed by atoms with E-state index in [2.05, 4.69) is 15.6 Å². The number of nitrogens with two attached hydrogens (primary N) is 1. The van der Waals surface area contributed by atoms with Gasteiger partial charge in [-0.15, -0.1) is 11.3 Å². The number of aromatic nitrogens is 1. The zero-order valence-electron chi connectivity index (χ0n) is 16.4. The van der Waals surface area contributed by atoms with Gasteiger partial charge in [-0.25, -0.2) is 4.98 Å². The van der Waals surface area contributed by atoms with Crippen molar-refractivity contribution >= 4 is 45.6 Å². The fourth-order valence-corrected chi connectivity index (χ4v) is 3.27. The van der Waals surface area contributed by atoms with Gasteiger partial charge < -0.3 is 20.5 Å². The molecule has 29 heavy (non-hydrogen) atoms. The molecule has 2 amide bonds. The summed E-state index contributed by atoms with van der Waals surface area (Å²) >= 11 is 7.43. The number of nitrogens with zero attached hydrogens (tertiary/aromatic N) is 1. The first kappa shape index (κ1) is 23.2. The maximum absolute atomic E-state index is 12.6. The fraction of sp³-hybridized carbons (Fsp3) is 0.421. The van der Waals surface area contributed by atoms with Crippen LogP contribution in [-0.2, 0) is 14.3 Å². The first-order valence-corrected chi connectivity index (χ1v) is 10.3. The van der Waals surface area contributed by atoms with Crippen LogP contribution in [-0.4, -0.2) is 49.8 Å². The molecule has 2 aromatic rings. The second-order valence-electron chi connectivity index (χ2n) is 6.12. The fourth-order valence-electron chi connectivity index (χ4n) is 2.29. The van der Waals surface area contributed by atoms with Crippen molar-refractivity contribution in [2.45, 2.75) is 20.3 Å². The average molecular weight is 441 g/mol. The van der Waals surface area contributed by atoms with Gasteiger partial charge in [-0.3, -0.25) is 14.9 Å². The van der Waals surface area contributed by atoms with E-state index in [1.165, 1.54) is 17.4 Å². The molecule has 0 unspecified atom stereocenters. The zero-order valence-corrected chi connectivity index (χ0v) is 18.0. The molecule has 0 radical (unpaired) electrons. The summed E-state index contributed by atoms with van der Waals surface area (Å²) < 4.78 is 10.5. The van der Waals surface area contributed by atoms with Crippen LogP contribution in [0.4, 0.5) is 10.8 Å². The topological polar surface area (TPSA) is 116 Å². The lowest BCUT2D eigenvalue weighted by Crippen LogP contribution is -2.19. The largest absolute Gasteiger partial charge is 0.379 e. The number of nitrogens with one attached hydrogen (secondary N) is 2. The lowest BCUT2D eigenvalue weighted by Gasteiger charge is -2.11. The van der Waals surface area contributed by atoms with E-state index in [0.717, 1.165) is 10.6 Å². The molecule has 0 fully saturated rings. The van der Waals surface area contributed by atoms with Gasteiger partial charge in [-0.1, -0.05) is 11.6 Å². The molecule has 0 atom stereocenters. The summed E-state index contributed by atoms with van der Waals surface area (Å²) in [6.45, 7) is 5.78. The number of thiazole rings is 1. The van der Waals surface area contributed by atoms with Crippen LogP contribution < -0.4 is 16.4 Å². The molecule has 10 heteroatoms. The summed E-state index contributed by atoms with van der Waals surface area (Å²) in [4.78, 5) is 30.2. The molecule has 158 valence electrons. The predicted molar refractivity (Wildman–Crippen MR) is 115 cm³/mol. The minimum atomic E-state index is -0.376. The molecule has 0 saturated heterocycles. The van der Waals surface area contributed by atoms with E-state index in [4.69, 9.17) is 26.8 Å². The van der Waals surface area contributed by atoms with Gasteiger partial charge in [0.25, 0.3) is 5.91 Å². The van der Waals surface area contributed by atoms with Crippen molar-refractivity contribution in [1.29, 1.82) is 0 Å². The van der Waals surface area contributed by atoms with Gasteiger partial charge in [-0.2, -0.15) is 0 Å². The molecule has 8 nitrogen and oxygen atoms in total. The van der Waals surface area contributed by atoms with E-state index < -0.39 is 0 Å². The zero-order chi connectivity index (χ0) is 21.2. The van der Waals surface area contributed by atoms with E-state index in [-0.39, 0.29) is 24.8 Å². The highest BCUT2D eigenvalue weighted by atomic mass is 35.5. The minimum Gasteiger partial charge on any atom is -0.379 e. The van der Waals surface area contributed by atoms with Crippen molar-refractivity contribution < 1.29 is 19.1 Å². The molecular weight excluding hydrogens is 416 g/mol. The van der Waals surface area contributed by atoms with Crippen LogP contribution in [0.25, 0.3) is 0 Å². The number of amides is 2. The highest BCUT2D eigenvalue weighted by molar-refractivity contribution is 7.15. The Hall–Kier alpha value is -2.04. The number of halogens is 1. The second kappa shape index (κ2) is 11.8. The van der Waals surface area contributed by atoms with E-state index in [1.54, 1.807) is 12.1 Å². The lowest BCUT2D eigenvalue weighted by atomic mass is 10.1. The highest BCUT2D eigenvalue weighted by Crippen LogP contribution is 2.25. The molecule has 0 saturated carbocycles. The van der Waals surface area contributed by atoms with Crippen molar-refractivity contribution in [1.82, 2.24) is 4.98 Å². The van der Waals surface area contributed by atoms with E-state index in [1.807, 2.05) is 13.8 Å². The molecule has 0 aliphatic carbocycles. The Morgan fingerprint density at radius 2 is 1.86 bits per heavy atom. The Bertz CT molecular complexity index is 824. The number of ether oxygens (including phenoxy) is 2. The number of benzene rings is 1. The molecule has 1 heterocycles. The summed E-state index contributed by atoms with van der Waals surface area (Å²) in [5, 5.41) is 6.38. The van der Waals surface area contributed by atoms with Gasteiger partial charge in [0.1, 0.15) is 0 Å². The van der Waals surface area contributed by atoms with Crippen molar-refractivity contribution in [2.24, 2.45) is 5.73 Å². The second-order valence-corrected chi connectivity index (χ2v) is 7.76. The van der Waals surface area contributed by atoms with E-state index in [0.29, 0.717) is 47.8 Å². The van der Waals surface area contributed by atoms with Crippen molar-refractivity contribution in [3.8, 4) is 0 Å². The quantitative estimate of drug-likeness (QED) is 0.462. The molecule has 0 aliphatic heterocycles. The number of rotatable bonds is 11. The van der Waals surface area contributed by atoms with Gasteiger partial charge in [0.15, 0.2) is 5.13 Å². The van der Waals surface area contributed by atoms with E-state index in [9.17, 15) is 9.59 Å². The Kier molecular flexibility index (Phi) is 9.49. The molecule has 1 aromatic carbocycles. The molecular formula is C19H25ClN4O4S. The number of anilines is 2. The van der Waals surface area contributed by atoms with Crippen molar-refractivity contribution in [3.63, 3.8) is 0 Å². The Morgan fingerprint density at radius 3 is 2.52 bits per heavy atom. The summed E-state index contributed by atoms with van der Waals surface area (Å²) in [7, 11) is 0. The normalized spacial score (nSPS) is 10.8. The average Bonchev–Trinajstić information content (AvgIpc) is 2.98. The summed E-state index contributed by atoms with van der Waals surface area (Å²) in [5.41, 5.74) is 6.81. The molecule has 2 rings (SSSR count). The summed E-state index contributed by atoms with van der Waals surface area (Å²) in [6.07, 6.45) is 0.134. The Balaban J connectivity index is 1.91. The number of hydrogen-bond acceptors (Lipinski definition) is 7. The first-order chi connectivity index (χ1) is 13.9. The predicted octanol–water partition coefficient (Wildman–Crippen LogP) is 2.99. The molecule has 0 bridgehead atoms. The van der Waals surface area contributed by atoms with Crippen LogP contribution in [0.3, 0.4) is 0 Å². The molecule has 1 aromatic heterocycles. The highest BCUT2D eigenvalue weighted by Gasteiger charge is 2.16. The van der Waals surface area contributed by atoms with Crippen molar-refractivity contribution in [3.05, 3.63) is 39.4 Å². The third kappa shape index (κ3) is 7.71. The van der Waals surface area contributed by atoms with Crippen LogP contribution in [0.2, 0.25) is 5.02 Å². The molecule has 4 N–H and O–H groups in total. The van der Waals surface area contributed by atoms with Crippen LogP contribution in [0.5, 0.6) is 0 Å². The Morgan fingerprint density at radius 1 is 1.14 bits per heavy atom. The summed E-state index contributed by atoms with van der Waals surface area (Å²) in [6, 6.07) is 4.69. The maximum atomic E-state index is 12.6. The van der Waals surface area contributed by atoms with Gasteiger partial charge in [0, 0.05) is 16.4 Å². The maximum Gasteiger partial charge on any atom is 0.259 e. The van der Waals surface area contributed by atoms with Gasteiger partial charge in [-0.05, 0) is 32.0 Å². The van der Waals surface area contributed by atoms with Gasteiger partial charge in [0.05, 0.1) is 49.8 Å². The van der Waals surface area contributed by atoms with Gasteiger partial charge in [0.2, 0.25) is 5.91 Å². The summed E-state index contributed by atoms with van der Waals surface area (Å²) in [5.74, 6) is -0.663. The van der Waals surface area contributed by atoms with E-state index >= 15 is 0 Å².